The number of sulfonamides is 1. The van der Waals surface area contributed by atoms with Crippen LogP contribution in [0, 0.1) is 17.5 Å². The molecule has 4 aromatic rings. The molecule has 39 heavy (non-hydrogen) atoms. The zero-order chi connectivity index (χ0) is 28.5. The molecule has 2 aromatic carbocycles. The molecule has 2 aromatic heterocycles. The first-order valence-corrected chi connectivity index (χ1v) is 13.6. The molecule has 0 bridgehead atoms. The number of halogens is 3. The van der Waals surface area contributed by atoms with Crippen LogP contribution in [0.1, 0.15) is 15.2 Å². The van der Waals surface area contributed by atoms with E-state index in [9.17, 15) is 41.1 Å². The molecular formula is C23H18F3N3O8S2. The van der Waals surface area contributed by atoms with Crippen molar-refractivity contribution in [2.45, 2.75) is 6.61 Å². The third-order valence-corrected chi connectivity index (χ3v) is 6.96. The SMILES string of the molecule is CS(=O)(=O)NCCOc1ccc(F)c(F)c1COc1ccc(F)c(-n2c(=O)[nH]c3csc(C(=O)O)c3c2=O)c1. The monoisotopic (exact) mass is 585 g/mol. The van der Waals surface area contributed by atoms with Gasteiger partial charge in [-0.25, -0.2) is 40.5 Å². The molecule has 2 heterocycles. The predicted octanol–water partition coefficient (Wildman–Crippen LogP) is 2.36. The molecule has 0 fully saturated rings. The van der Waals surface area contributed by atoms with E-state index >= 15 is 0 Å². The van der Waals surface area contributed by atoms with Crippen LogP contribution in [-0.4, -0.2) is 48.5 Å². The van der Waals surface area contributed by atoms with Crippen molar-refractivity contribution >= 4 is 38.2 Å². The fourth-order valence-electron chi connectivity index (χ4n) is 3.56. The lowest BCUT2D eigenvalue weighted by molar-refractivity contribution is 0.0704. The highest BCUT2D eigenvalue weighted by Gasteiger charge is 2.21. The number of H-pyrrole nitrogens is 1. The summed E-state index contributed by atoms with van der Waals surface area (Å²) in [6.45, 7) is -1.01. The molecule has 0 amide bonds. The van der Waals surface area contributed by atoms with Crippen LogP contribution in [0.3, 0.4) is 0 Å². The molecule has 16 heteroatoms. The third kappa shape index (κ3) is 5.97. The molecule has 4 rings (SSSR count). The Kier molecular flexibility index (Phi) is 7.80. The number of aromatic carboxylic acids is 1. The summed E-state index contributed by atoms with van der Waals surface area (Å²) in [4.78, 5) is 39.1. The van der Waals surface area contributed by atoms with Crippen molar-refractivity contribution < 1.29 is 41.0 Å². The van der Waals surface area contributed by atoms with E-state index in [1.165, 1.54) is 5.38 Å². The van der Waals surface area contributed by atoms with Gasteiger partial charge in [0.2, 0.25) is 10.0 Å². The van der Waals surface area contributed by atoms with Crippen molar-refractivity contribution in [2.75, 3.05) is 19.4 Å². The van der Waals surface area contributed by atoms with Crippen LogP contribution >= 0.6 is 11.3 Å². The second-order valence-electron chi connectivity index (χ2n) is 7.98. The Morgan fingerprint density at radius 1 is 1.13 bits per heavy atom. The van der Waals surface area contributed by atoms with E-state index < -0.39 is 57.0 Å². The summed E-state index contributed by atoms with van der Waals surface area (Å²) < 4.78 is 78.9. The maximum Gasteiger partial charge on any atom is 0.346 e. The van der Waals surface area contributed by atoms with Gasteiger partial charge in [-0.15, -0.1) is 11.3 Å². The maximum atomic E-state index is 14.7. The van der Waals surface area contributed by atoms with E-state index in [4.69, 9.17) is 9.47 Å². The highest BCUT2D eigenvalue weighted by Crippen LogP contribution is 2.27. The van der Waals surface area contributed by atoms with E-state index in [-0.39, 0.29) is 46.0 Å². The summed E-state index contributed by atoms with van der Waals surface area (Å²) in [5.74, 6) is -5.27. The summed E-state index contributed by atoms with van der Waals surface area (Å²) in [6, 6.07) is 4.85. The van der Waals surface area contributed by atoms with Gasteiger partial charge in [0.15, 0.2) is 11.6 Å². The first kappa shape index (κ1) is 27.9. The van der Waals surface area contributed by atoms with Crippen LogP contribution in [0.5, 0.6) is 11.5 Å². The Morgan fingerprint density at radius 2 is 1.85 bits per heavy atom. The summed E-state index contributed by atoms with van der Waals surface area (Å²) >= 11 is 0.709. The molecule has 0 saturated carbocycles. The number of carboxylic acid groups (broad SMARTS) is 1. The van der Waals surface area contributed by atoms with Crippen molar-refractivity contribution in [3.05, 3.63) is 84.4 Å². The minimum Gasteiger partial charge on any atom is -0.492 e. The Bertz CT molecular complexity index is 1820. The fraction of sp³-hybridized carbons (Fsp3) is 0.174. The molecule has 0 radical (unpaired) electrons. The second kappa shape index (κ2) is 10.9. The van der Waals surface area contributed by atoms with Crippen molar-refractivity contribution in [1.82, 2.24) is 14.3 Å². The number of thiophene rings is 1. The number of hydrogen-bond donors (Lipinski definition) is 3. The summed E-state index contributed by atoms with van der Waals surface area (Å²) in [5, 5.41) is 10.3. The van der Waals surface area contributed by atoms with Crippen LogP contribution in [0.15, 0.2) is 45.3 Å². The molecule has 11 nitrogen and oxygen atoms in total. The van der Waals surface area contributed by atoms with Gasteiger partial charge in [0, 0.05) is 18.0 Å². The lowest BCUT2D eigenvalue weighted by Crippen LogP contribution is -2.34. The van der Waals surface area contributed by atoms with Gasteiger partial charge in [-0.05, 0) is 24.3 Å². The first-order chi connectivity index (χ1) is 18.4. The number of ether oxygens (including phenoxy) is 2. The number of fused-ring (bicyclic) bond motifs is 1. The molecule has 0 aliphatic carbocycles. The number of benzene rings is 2. The summed E-state index contributed by atoms with van der Waals surface area (Å²) in [7, 11) is -3.50. The molecule has 0 atom stereocenters. The van der Waals surface area contributed by atoms with Crippen molar-refractivity contribution in [3.63, 3.8) is 0 Å². The zero-order valence-corrected chi connectivity index (χ0v) is 21.4. The molecule has 0 aliphatic rings. The number of aromatic nitrogens is 2. The van der Waals surface area contributed by atoms with Gasteiger partial charge >= 0.3 is 11.7 Å². The summed E-state index contributed by atoms with van der Waals surface area (Å²) in [5.41, 5.74) is -3.12. The topological polar surface area (TPSA) is 157 Å². The fourth-order valence-corrected chi connectivity index (χ4v) is 4.84. The van der Waals surface area contributed by atoms with Crippen molar-refractivity contribution in [1.29, 1.82) is 0 Å². The van der Waals surface area contributed by atoms with Gasteiger partial charge in [-0.2, -0.15) is 0 Å². The molecule has 206 valence electrons. The predicted molar refractivity (Wildman–Crippen MR) is 134 cm³/mol. The number of nitrogens with zero attached hydrogens (tertiary/aromatic N) is 1. The van der Waals surface area contributed by atoms with Crippen LogP contribution in [-0.2, 0) is 16.6 Å². The van der Waals surface area contributed by atoms with E-state index in [1.54, 1.807) is 0 Å². The van der Waals surface area contributed by atoms with Gasteiger partial charge in [-0.1, -0.05) is 0 Å². The number of carbonyl (C=O) groups is 1. The third-order valence-electron chi connectivity index (χ3n) is 5.27. The van der Waals surface area contributed by atoms with Crippen LogP contribution < -0.4 is 25.4 Å². The highest BCUT2D eigenvalue weighted by molar-refractivity contribution is 7.88. The van der Waals surface area contributed by atoms with E-state index in [0.29, 0.717) is 15.9 Å². The van der Waals surface area contributed by atoms with Crippen LogP contribution in [0.2, 0.25) is 0 Å². The largest absolute Gasteiger partial charge is 0.492 e. The Morgan fingerprint density at radius 3 is 2.54 bits per heavy atom. The van der Waals surface area contributed by atoms with Crippen LogP contribution in [0.4, 0.5) is 13.2 Å². The van der Waals surface area contributed by atoms with Gasteiger partial charge in [0.1, 0.15) is 35.4 Å². The minimum atomic E-state index is -3.50. The number of hydrogen-bond acceptors (Lipinski definition) is 8. The molecule has 0 unspecified atom stereocenters. The van der Waals surface area contributed by atoms with E-state index in [2.05, 4.69) is 9.71 Å². The second-order valence-corrected chi connectivity index (χ2v) is 10.7. The quantitative estimate of drug-likeness (QED) is 0.240. The van der Waals surface area contributed by atoms with Crippen molar-refractivity contribution in [3.8, 4) is 17.2 Å². The Hall–Kier alpha value is -4.15. The highest BCUT2D eigenvalue weighted by atomic mass is 32.2. The van der Waals surface area contributed by atoms with Gasteiger partial charge < -0.3 is 19.6 Å². The first-order valence-electron chi connectivity index (χ1n) is 10.8. The lowest BCUT2D eigenvalue weighted by Gasteiger charge is -2.15. The van der Waals surface area contributed by atoms with E-state index in [1.807, 2.05) is 0 Å². The Balaban J connectivity index is 1.65. The minimum absolute atomic E-state index is 0.0303. The molecule has 0 spiro atoms. The van der Waals surface area contributed by atoms with Crippen LogP contribution in [0.25, 0.3) is 16.6 Å². The molecular weight excluding hydrogens is 567 g/mol. The molecule has 3 N–H and O–H groups in total. The summed E-state index contributed by atoms with van der Waals surface area (Å²) in [6.07, 6.45) is 0.937. The molecule has 0 saturated heterocycles. The smallest absolute Gasteiger partial charge is 0.346 e. The van der Waals surface area contributed by atoms with Gasteiger partial charge in [-0.3, -0.25) is 4.79 Å². The zero-order valence-electron chi connectivity index (χ0n) is 19.8. The normalized spacial score (nSPS) is 11.6. The lowest BCUT2D eigenvalue weighted by atomic mass is 10.2. The number of nitrogens with one attached hydrogen (secondary N) is 2. The number of aromatic amines is 1. The number of rotatable bonds is 10. The molecule has 0 aliphatic heterocycles. The number of carboxylic acids is 1. The Labute approximate surface area is 221 Å². The standard InChI is InChI=1S/C23H18F3N3O8S2/c1-39(34,35)27-6-7-36-17-5-4-14(25)19(26)12(17)9-37-11-2-3-13(24)16(8-11)29-21(30)18-15(28-23(29)33)10-38-20(18)22(31)32/h2-5,8,10,27H,6-7,9H2,1H3,(H,28,33)(H,31,32). The van der Waals surface area contributed by atoms with Gasteiger partial charge in [0.05, 0.1) is 28.4 Å². The average molecular weight is 586 g/mol. The average Bonchev–Trinajstić information content (AvgIpc) is 3.29. The van der Waals surface area contributed by atoms with Gasteiger partial charge in [0.25, 0.3) is 5.56 Å². The van der Waals surface area contributed by atoms with Crippen molar-refractivity contribution in [2.24, 2.45) is 0 Å². The van der Waals surface area contributed by atoms with E-state index in [0.717, 1.165) is 36.6 Å². The maximum absolute atomic E-state index is 14.7.